The van der Waals surface area contributed by atoms with Gasteiger partial charge in [0.05, 0.1) is 10.6 Å². The Balaban J connectivity index is 2.37. The van der Waals surface area contributed by atoms with Crippen LogP contribution in [0.5, 0.6) is 11.6 Å². The van der Waals surface area contributed by atoms with Crippen LogP contribution in [0.3, 0.4) is 0 Å². The van der Waals surface area contributed by atoms with E-state index in [4.69, 9.17) is 27.9 Å². The quantitative estimate of drug-likeness (QED) is 0.790. The SMILES string of the molecule is CCc1c(Cl)ncnc1Oc1ccc(F)cc1Cl. The molecule has 0 bridgehead atoms. The molecule has 0 radical (unpaired) electrons. The van der Waals surface area contributed by atoms with Crippen LogP contribution in [0, 0.1) is 5.82 Å². The molecular weight excluding hydrogens is 278 g/mol. The highest BCUT2D eigenvalue weighted by Gasteiger charge is 2.12. The van der Waals surface area contributed by atoms with Crippen LogP contribution in [-0.4, -0.2) is 9.97 Å². The van der Waals surface area contributed by atoms with E-state index in [9.17, 15) is 4.39 Å². The molecule has 1 aromatic heterocycles. The first-order valence-electron chi connectivity index (χ1n) is 5.24. The van der Waals surface area contributed by atoms with Crippen molar-refractivity contribution in [1.82, 2.24) is 9.97 Å². The second-order valence-corrected chi connectivity index (χ2v) is 4.24. The normalized spacial score (nSPS) is 10.4. The van der Waals surface area contributed by atoms with Gasteiger partial charge in [0, 0.05) is 0 Å². The van der Waals surface area contributed by atoms with Gasteiger partial charge in [-0.05, 0) is 24.6 Å². The number of hydrogen-bond acceptors (Lipinski definition) is 3. The lowest BCUT2D eigenvalue weighted by Gasteiger charge is -2.10. The number of aromatic nitrogens is 2. The third kappa shape index (κ3) is 2.71. The monoisotopic (exact) mass is 286 g/mol. The van der Waals surface area contributed by atoms with E-state index < -0.39 is 5.82 Å². The summed E-state index contributed by atoms with van der Waals surface area (Å²) in [6, 6.07) is 3.87. The third-order valence-electron chi connectivity index (χ3n) is 2.31. The summed E-state index contributed by atoms with van der Waals surface area (Å²) in [5.74, 6) is 0.220. The highest BCUT2D eigenvalue weighted by molar-refractivity contribution is 6.32. The van der Waals surface area contributed by atoms with Gasteiger partial charge in [0.2, 0.25) is 5.88 Å². The zero-order valence-electron chi connectivity index (χ0n) is 9.45. The van der Waals surface area contributed by atoms with Crippen LogP contribution in [0.1, 0.15) is 12.5 Å². The zero-order valence-corrected chi connectivity index (χ0v) is 11.0. The molecule has 0 fully saturated rings. The minimum Gasteiger partial charge on any atom is -0.437 e. The first kappa shape index (κ1) is 13.1. The van der Waals surface area contributed by atoms with Crippen LogP contribution in [0.15, 0.2) is 24.5 Å². The number of halogens is 3. The molecule has 6 heteroatoms. The van der Waals surface area contributed by atoms with Gasteiger partial charge in [0.25, 0.3) is 0 Å². The van der Waals surface area contributed by atoms with Gasteiger partial charge in [-0.2, -0.15) is 0 Å². The molecule has 0 unspecified atom stereocenters. The second-order valence-electron chi connectivity index (χ2n) is 3.48. The first-order valence-corrected chi connectivity index (χ1v) is 5.99. The Kier molecular flexibility index (Phi) is 3.99. The van der Waals surface area contributed by atoms with E-state index >= 15 is 0 Å². The van der Waals surface area contributed by atoms with Crippen LogP contribution in [-0.2, 0) is 6.42 Å². The number of ether oxygens (including phenoxy) is 1. The van der Waals surface area contributed by atoms with E-state index in [0.717, 1.165) is 0 Å². The van der Waals surface area contributed by atoms with Gasteiger partial charge in [-0.25, -0.2) is 14.4 Å². The van der Waals surface area contributed by atoms with Crippen molar-refractivity contribution in [1.29, 1.82) is 0 Å². The molecule has 1 heterocycles. The van der Waals surface area contributed by atoms with Crippen molar-refractivity contribution in [3.63, 3.8) is 0 Å². The lowest BCUT2D eigenvalue weighted by molar-refractivity contribution is 0.454. The summed E-state index contributed by atoms with van der Waals surface area (Å²) < 4.78 is 18.4. The van der Waals surface area contributed by atoms with Crippen molar-refractivity contribution in [2.45, 2.75) is 13.3 Å². The molecule has 0 saturated heterocycles. The standard InChI is InChI=1S/C12H9Cl2FN2O/c1-2-8-11(14)16-6-17-12(8)18-10-4-3-7(15)5-9(10)13/h3-6H,2H2,1H3. The minimum absolute atomic E-state index is 0.173. The molecule has 0 N–H and O–H groups in total. The summed E-state index contributed by atoms with van der Waals surface area (Å²) in [5, 5.41) is 0.507. The molecule has 2 rings (SSSR count). The number of rotatable bonds is 3. The maximum Gasteiger partial charge on any atom is 0.227 e. The predicted molar refractivity (Wildman–Crippen MR) is 67.9 cm³/mol. The van der Waals surface area contributed by atoms with Gasteiger partial charge >= 0.3 is 0 Å². The molecule has 1 aromatic carbocycles. The Labute approximate surface area is 114 Å². The maximum absolute atomic E-state index is 12.9. The fraction of sp³-hybridized carbons (Fsp3) is 0.167. The lowest BCUT2D eigenvalue weighted by atomic mass is 10.2. The van der Waals surface area contributed by atoms with Gasteiger partial charge in [-0.3, -0.25) is 0 Å². The van der Waals surface area contributed by atoms with Crippen LogP contribution < -0.4 is 4.74 Å². The molecule has 0 atom stereocenters. The molecule has 3 nitrogen and oxygen atoms in total. The van der Waals surface area contributed by atoms with Crippen molar-refractivity contribution in [2.75, 3.05) is 0 Å². The fourth-order valence-corrected chi connectivity index (χ4v) is 1.89. The van der Waals surface area contributed by atoms with E-state index in [1.165, 1.54) is 24.5 Å². The maximum atomic E-state index is 12.9. The number of hydrogen-bond donors (Lipinski definition) is 0. The average Bonchev–Trinajstić information content (AvgIpc) is 2.33. The zero-order chi connectivity index (χ0) is 13.1. The molecule has 0 amide bonds. The van der Waals surface area contributed by atoms with E-state index in [1.54, 1.807) is 0 Å². The van der Waals surface area contributed by atoms with E-state index in [2.05, 4.69) is 9.97 Å². The molecule has 0 aliphatic carbocycles. The highest BCUT2D eigenvalue weighted by Crippen LogP contribution is 2.32. The summed E-state index contributed by atoms with van der Waals surface area (Å²) in [6.07, 6.45) is 1.92. The minimum atomic E-state index is -0.427. The Morgan fingerprint density at radius 2 is 2.06 bits per heavy atom. The molecule has 94 valence electrons. The molecule has 18 heavy (non-hydrogen) atoms. The summed E-state index contributed by atoms with van der Waals surface area (Å²) >= 11 is 11.8. The third-order valence-corrected chi connectivity index (χ3v) is 2.93. The molecule has 0 aliphatic heterocycles. The number of nitrogens with zero attached hydrogens (tertiary/aromatic N) is 2. The highest BCUT2D eigenvalue weighted by atomic mass is 35.5. The van der Waals surface area contributed by atoms with E-state index in [1.807, 2.05) is 6.92 Å². The topological polar surface area (TPSA) is 35.0 Å². The van der Waals surface area contributed by atoms with Gasteiger partial charge < -0.3 is 4.74 Å². The van der Waals surface area contributed by atoms with Gasteiger partial charge in [0.15, 0.2) is 0 Å². The van der Waals surface area contributed by atoms with E-state index in [-0.39, 0.29) is 5.02 Å². The summed E-state index contributed by atoms with van der Waals surface area (Å²) in [6.45, 7) is 1.91. The summed E-state index contributed by atoms with van der Waals surface area (Å²) in [7, 11) is 0. The van der Waals surface area contributed by atoms with Crippen LogP contribution in [0.4, 0.5) is 4.39 Å². The van der Waals surface area contributed by atoms with Crippen molar-refractivity contribution in [3.05, 3.63) is 46.1 Å². The summed E-state index contributed by atoms with van der Waals surface area (Å²) in [4.78, 5) is 7.87. The van der Waals surface area contributed by atoms with Crippen molar-refractivity contribution >= 4 is 23.2 Å². The van der Waals surface area contributed by atoms with Gasteiger partial charge in [-0.1, -0.05) is 30.1 Å². The lowest BCUT2D eigenvalue weighted by Crippen LogP contribution is -1.97. The largest absolute Gasteiger partial charge is 0.437 e. The van der Waals surface area contributed by atoms with Crippen molar-refractivity contribution < 1.29 is 9.13 Å². The van der Waals surface area contributed by atoms with Crippen LogP contribution in [0.25, 0.3) is 0 Å². The molecule has 0 spiro atoms. The Morgan fingerprint density at radius 3 is 2.72 bits per heavy atom. The molecule has 0 saturated carbocycles. The Hall–Kier alpha value is -1.39. The van der Waals surface area contributed by atoms with Crippen molar-refractivity contribution in [3.8, 4) is 11.6 Å². The first-order chi connectivity index (χ1) is 8.61. The predicted octanol–water partition coefficient (Wildman–Crippen LogP) is 4.28. The molecular formula is C12H9Cl2FN2O. The number of benzene rings is 1. The van der Waals surface area contributed by atoms with E-state index in [0.29, 0.717) is 28.8 Å². The summed E-state index contributed by atoms with van der Waals surface area (Å²) in [5.41, 5.74) is 0.680. The van der Waals surface area contributed by atoms with Gasteiger partial charge in [-0.15, -0.1) is 0 Å². The average molecular weight is 287 g/mol. The smallest absolute Gasteiger partial charge is 0.227 e. The van der Waals surface area contributed by atoms with Crippen LogP contribution >= 0.6 is 23.2 Å². The second kappa shape index (κ2) is 5.50. The Morgan fingerprint density at radius 1 is 1.28 bits per heavy atom. The Bertz CT molecular complexity index is 578. The fourth-order valence-electron chi connectivity index (χ4n) is 1.42. The molecule has 2 aromatic rings. The van der Waals surface area contributed by atoms with Crippen molar-refractivity contribution in [2.24, 2.45) is 0 Å². The van der Waals surface area contributed by atoms with Crippen LogP contribution in [0.2, 0.25) is 10.2 Å². The molecule has 0 aliphatic rings. The van der Waals surface area contributed by atoms with Gasteiger partial charge in [0.1, 0.15) is 23.0 Å².